The molecular weight excluding hydrogens is 352 g/mol. The molecule has 1 aromatic rings. The summed E-state index contributed by atoms with van der Waals surface area (Å²) in [7, 11) is 0. The number of anilines is 1. The van der Waals surface area contributed by atoms with Gasteiger partial charge in [-0.1, -0.05) is 27.2 Å². The molecule has 5 nitrogen and oxygen atoms in total. The predicted octanol–water partition coefficient (Wildman–Crippen LogP) is 4.72. The third-order valence-electron chi connectivity index (χ3n) is 5.36. The highest BCUT2D eigenvalue weighted by atomic mass is 16.5. The van der Waals surface area contributed by atoms with Crippen LogP contribution in [0.25, 0.3) is 0 Å². The van der Waals surface area contributed by atoms with Crippen LogP contribution in [0.4, 0.5) is 5.69 Å². The molecule has 0 aliphatic carbocycles. The standard InChI is InChI=1S/C23H38N2O3/c1-5-13-23(4,28-16-6-2)22(26)24-20-9-11-21(12-10-20)27-17-15-25-14-7-8-19(3)18-25/h9-12,19H,5-8,13-18H2,1-4H3,(H,24,26). The summed E-state index contributed by atoms with van der Waals surface area (Å²) in [6, 6.07) is 7.61. The average Bonchev–Trinajstić information content (AvgIpc) is 2.68. The molecule has 1 aromatic carbocycles. The third-order valence-corrected chi connectivity index (χ3v) is 5.36. The summed E-state index contributed by atoms with van der Waals surface area (Å²) < 4.78 is 11.7. The minimum atomic E-state index is -0.786. The van der Waals surface area contributed by atoms with Gasteiger partial charge in [-0.05, 0) is 69.3 Å². The number of benzene rings is 1. The number of carbonyl (C=O) groups is 1. The molecule has 0 aromatic heterocycles. The number of hydrogen-bond acceptors (Lipinski definition) is 4. The summed E-state index contributed by atoms with van der Waals surface area (Å²) in [5.74, 6) is 1.54. The number of amides is 1. The van der Waals surface area contributed by atoms with Gasteiger partial charge in [-0.3, -0.25) is 9.69 Å². The highest BCUT2D eigenvalue weighted by Gasteiger charge is 2.33. The SMILES string of the molecule is CCCOC(C)(CCC)C(=O)Nc1ccc(OCCN2CCCC(C)C2)cc1. The Balaban J connectivity index is 1.81. The predicted molar refractivity (Wildman–Crippen MR) is 115 cm³/mol. The maximum absolute atomic E-state index is 12.7. The zero-order valence-corrected chi connectivity index (χ0v) is 18.1. The van der Waals surface area contributed by atoms with E-state index in [1.165, 1.54) is 25.9 Å². The van der Waals surface area contributed by atoms with E-state index in [2.05, 4.69) is 31.0 Å². The first-order valence-electron chi connectivity index (χ1n) is 10.9. The average molecular weight is 391 g/mol. The molecular formula is C23H38N2O3. The van der Waals surface area contributed by atoms with Gasteiger partial charge in [0.1, 0.15) is 18.0 Å². The van der Waals surface area contributed by atoms with Crippen LogP contribution in [0.15, 0.2) is 24.3 Å². The van der Waals surface area contributed by atoms with Crippen LogP contribution in [-0.2, 0) is 9.53 Å². The van der Waals surface area contributed by atoms with E-state index in [0.717, 1.165) is 36.7 Å². The van der Waals surface area contributed by atoms with Crippen LogP contribution in [0.5, 0.6) is 5.75 Å². The molecule has 1 amide bonds. The van der Waals surface area contributed by atoms with Crippen LogP contribution in [-0.4, -0.2) is 49.3 Å². The molecule has 0 spiro atoms. The van der Waals surface area contributed by atoms with Gasteiger partial charge in [0.05, 0.1) is 0 Å². The lowest BCUT2D eigenvalue weighted by atomic mass is 9.99. The lowest BCUT2D eigenvalue weighted by molar-refractivity contribution is -0.140. The van der Waals surface area contributed by atoms with E-state index in [-0.39, 0.29) is 5.91 Å². The van der Waals surface area contributed by atoms with Crippen molar-refractivity contribution in [2.45, 2.75) is 65.4 Å². The Kier molecular flexibility index (Phi) is 9.26. The summed E-state index contributed by atoms with van der Waals surface area (Å²) in [5, 5.41) is 2.99. The van der Waals surface area contributed by atoms with Crippen molar-refractivity contribution < 1.29 is 14.3 Å². The van der Waals surface area contributed by atoms with Crippen molar-refractivity contribution in [3.63, 3.8) is 0 Å². The quantitative estimate of drug-likeness (QED) is 0.594. The molecule has 0 bridgehead atoms. The van der Waals surface area contributed by atoms with E-state index in [4.69, 9.17) is 9.47 Å². The largest absolute Gasteiger partial charge is 0.492 e. The van der Waals surface area contributed by atoms with Gasteiger partial charge in [-0.25, -0.2) is 0 Å². The number of rotatable bonds is 11. The Labute approximate surface area is 170 Å². The summed E-state index contributed by atoms with van der Waals surface area (Å²) in [4.78, 5) is 15.2. The Morgan fingerprint density at radius 1 is 1.21 bits per heavy atom. The first-order chi connectivity index (χ1) is 13.5. The van der Waals surface area contributed by atoms with Crippen LogP contribution in [0.3, 0.4) is 0 Å². The summed E-state index contributed by atoms with van der Waals surface area (Å²) >= 11 is 0. The zero-order chi connectivity index (χ0) is 20.4. The highest BCUT2D eigenvalue weighted by molar-refractivity contribution is 5.97. The summed E-state index contributed by atoms with van der Waals surface area (Å²) in [5.41, 5.74) is -0.0180. The Hall–Kier alpha value is -1.59. The topological polar surface area (TPSA) is 50.8 Å². The number of likely N-dealkylation sites (tertiary alicyclic amines) is 1. The molecule has 5 heteroatoms. The summed E-state index contributed by atoms with van der Waals surface area (Å²) in [6.07, 6.45) is 5.13. The monoisotopic (exact) mass is 390 g/mol. The van der Waals surface area contributed by atoms with Crippen LogP contribution in [0.1, 0.15) is 59.8 Å². The smallest absolute Gasteiger partial charge is 0.256 e. The van der Waals surface area contributed by atoms with Gasteiger partial charge in [0, 0.05) is 25.4 Å². The number of carbonyl (C=O) groups excluding carboxylic acids is 1. The van der Waals surface area contributed by atoms with Crippen molar-refractivity contribution in [1.82, 2.24) is 4.90 Å². The van der Waals surface area contributed by atoms with Crippen molar-refractivity contribution >= 4 is 11.6 Å². The Morgan fingerprint density at radius 2 is 1.96 bits per heavy atom. The van der Waals surface area contributed by atoms with Crippen molar-refractivity contribution in [2.24, 2.45) is 5.92 Å². The van der Waals surface area contributed by atoms with Gasteiger partial charge in [0.2, 0.25) is 0 Å². The number of piperidine rings is 1. The molecule has 1 heterocycles. The number of ether oxygens (including phenoxy) is 2. The normalized spacial score (nSPS) is 19.8. The fraction of sp³-hybridized carbons (Fsp3) is 0.696. The fourth-order valence-electron chi connectivity index (χ4n) is 3.74. The minimum Gasteiger partial charge on any atom is -0.492 e. The van der Waals surface area contributed by atoms with Crippen molar-refractivity contribution in [3.8, 4) is 5.75 Å². The van der Waals surface area contributed by atoms with Gasteiger partial charge >= 0.3 is 0 Å². The molecule has 28 heavy (non-hydrogen) atoms. The van der Waals surface area contributed by atoms with E-state index in [1.807, 2.05) is 31.2 Å². The second-order valence-electron chi connectivity index (χ2n) is 8.20. The van der Waals surface area contributed by atoms with Crippen molar-refractivity contribution in [1.29, 1.82) is 0 Å². The molecule has 158 valence electrons. The second-order valence-corrected chi connectivity index (χ2v) is 8.20. The van der Waals surface area contributed by atoms with Gasteiger partial charge in [0.15, 0.2) is 0 Å². The van der Waals surface area contributed by atoms with Crippen LogP contribution in [0.2, 0.25) is 0 Å². The lowest BCUT2D eigenvalue weighted by Crippen LogP contribution is -2.43. The second kappa shape index (κ2) is 11.4. The maximum Gasteiger partial charge on any atom is 0.256 e. The molecule has 1 N–H and O–H groups in total. The van der Waals surface area contributed by atoms with Crippen LogP contribution < -0.4 is 10.1 Å². The molecule has 1 aliphatic rings. The third kappa shape index (κ3) is 7.10. The van der Waals surface area contributed by atoms with Gasteiger partial charge < -0.3 is 14.8 Å². The molecule has 2 unspecified atom stereocenters. The molecule has 2 atom stereocenters. The first kappa shape index (κ1) is 22.7. The number of nitrogens with one attached hydrogen (secondary N) is 1. The van der Waals surface area contributed by atoms with Gasteiger partial charge in [-0.15, -0.1) is 0 Å². The molecule has 0 radical (unpaired) electrons. The van der Waals surface area contributed by atoms with E-state index in [0.29, 0.717) is 19.6 Å². The fourth-order valence-corrected chi connectivity index (χ4v) is 3.74. The highest BCUT2D eigenvalue weighted by Crippen LogP contribution is 2.22. The van der Waals surface area contributed by atoms with Crippen molar-refractivity contribution in [3.05, 3.63) is 24.3 Å². The Bertz CT molecular complexity index is 590. The van der Waals surface area contributed by atoms with E-state index < -0.39 is 5.60 Å². The molecule has 1 fully saturated rings. The minimum absolute atomic E-state index is 0.0873. The van der Waals surface area contributed by atoms with E-state index >= 15 is 0 Å². The number of nitrogens with zero attached hydrogens (tertiary/aromatic N) is 1. The van der Waals surface area contributed by atoms with Crippen molar-refractivity contribution in [2.75, 3.05) is 38.2 Å². The number of hydrogen-bond donors (Lipinski definition) is 1. The van der Waals surface area contributed by atoms with Crippen LogP contribution >= 0.6 is 0 Å². The zero-order valence-electron chi connectivity index (χ0n) is 18.1. The lowest BCUT2D eigenvalue weighted by Gasteiger charge is -2.30. The molecule has 0 saturated carbocycles. The van der Waals surface area contributed by atoms with Gasteiger partial charge in [0.25, 0.3) is 5.91 Å². The van der Waals surface area contributed by atoms with Gasteiger partial charge in [-0.2, -0.15) is 0 Å². The summed E-state index contributed by atoms with van der Waals surface area (Å²) in [6.45, 7) is 12.9. The van der Waals surface area contributed by atoms with E-state index in [1.54, 1.807) is 0 Å². The molecule has 1 saturated heterocycles. The van der Waals surface area contributed by atoms with Crippen LogP contribution in [0, 0.1) is 5.92 Å². The molecule has 2 rings (SSSR count). The first-order valence-corrected chi connectivity index (χ1v) is 10.9. The molecule has 1 aliphatic heterocycles. The Morgan fingerprint density at radius 3 is 2.61 bits per heavy atom. The maximum atomic E-state index is 12.7. The van der Waals surface area contributed by atoms with E-state index in [9.17, 15) is 4.79 Å².